The second kappa shape index (κ2) is 7.99. The first-order valence-corrected chi connectivity index (χ1v) is 6.89. The van der Waals surface area contributed by atoms with Crippen LogP contribution in [-0.4, -0.2) is 66.3 Å². The van der Waals surface area contributed by atoms with Crippen LogP contribution in [0.2, 0.25) is 0 Å². The molecule has 2 amide bonds. The number of ether oxygens (including phenoxy) is 1. The molecule has 0 spiro atoms. The van der Waals surface area contributed by atoms with E-state index in [0.717, 1.165) is 19.3 Å². The van der Waals surface area contributed by atoms with Gasteiger partial charge in [-0.05, 0) is 19.8 Å². The Labute approximate surface area is 114 Å². The van der Waals surface area contributed by atoms with Crippen molar-refractivity contribution in [2.24, 2.45) is 0 Å². The molecule has 1 N–H and O–H groups in total. The third-order valence-corrected chi connectivity index (χ3v) is 3.50. The molecule has 6 nitrogen and oxygen atoms in total. The van der Waals surface area contributed by atoms with E-state index in [1.165, 1.54) is 4.90 Å². The van der Waals surface area contributed by atoms with Crippen molar-refractivity contribution in [2.75, 3.05) is 33.4 Å². The van der Waals surface area contributed by atoms with Gasteiger partial charge in [-0.3, -0.25) is 0 Å². The Morgan fingerprint density at radius 3 is 2.68 bits per heavy atom. The first-order chi connectivity index (χ1) is 9.11. The monoisotopic (exact) mass is 272 g/mol. The number of likely N-dealkylation sites (N-methyl/N-ethyl adjacent to an activating group) is 1. The summed E-state index contributed by atoms with van der Waals surface area (Å²) in [5, 5.41) is 9.28. The van der Waals surface area contributed by atoms with Crippen LogP contribution in [0.1, 0.15) is 32.6 Å². The molecule has 0 aromatic heterocycles. The summed E-state index contributed by atoms with van der Waals surface area (Å²) in [7, 11) is 1.59. The molecule has 1 fully saturated rings. The summed E-state index contributed by atoms with van der Waals surface area (Å²) in [5.41, 5.74) is 0. The van der Waals surface area contributed by atoms with Gasteiger partial charge in [0.1, 0.15) is 6.04 Å². The zero-order chi connectivity index (χ0) is 14.3. The van der Waals surface area contributed by atoms with E-state index < -0.39 is 12.0 Å². The third kappa shape index (κ3) is 4.38. The van der Waals surface area contributed by atoms with E-state index in [9.17, 15) is 14.7 Å². The summed E-state index contributed by atoms with van der Waals surface area (Å²) in [6.07, 6.45) is 3.27. The summed E-state index contributed by atoms with van der Waals surface area (Å²) < 4.78 is 4.98. The number of nitrogens with zero attached hydrogens (tertiary/aromatic N) is 2. The summed E-state index contributed by atoms with van der Waals surface area (Å²) in [5.74, 6) is -0.905. The third-order valence-electron chi connectivity index (χ3n) is 3.50. The maximum absolute atomic E-state index is 12.4. The molecule has 19 heavy (non-hydrogen) atoms. The molecule has 110 valence electrons. The molecule has 0 bridgehead atoms. The number of urea groups is 1. The first kappa shape index (κ1) is 15.8. The number of aliphatic carboxylic acids is 1. The molecule has 1 rings (SSSR count). The second-order valence-electron chi connectivity index (χ2n) is 4.75. The van der Waals surface area contributed by atoms with Gasteiger partial charge < -0.3 is 19.6 Å². The SMILES string of the molecule is CCN(CCOC)C(=O)N1CCCCCC1C(=O)O. The fourth-order valence-electron chi connectivity index (χ4n) is 2.37. The van der Waals surface area contributed by atoms with E-state index in [2.05, 4.69) is 0 Å². The number of carbonyl (C=O) groups is 2. The van der Waals surface area contributed by atoms with Crippen molar-refractivity contribution in [1.82, 2.24) is 9.80 Å². The van der Waals surface area contributed by atoms with E-state index in [0.29, 0.717) is 32.7 Å². The predicted octanol–water partition coefficient (Wildman–Crippen LogP) is 1.40. The number of hydrogen-bond acceptors (Lipinski definition) is 3. The van der Waals surface area contributed by atoms with Gasteiger partial charge in [0, 0.05) is 26.7 Å². The minimum atomic E-state index is -0.905. The highest BCUT2D eigenvalue weighted by atomic mass is 16.5. The summed E-state index contributed by atoms with van der Waals surface area (Å²) in [6.45, 7) is 3.94. The zero-order valence-electron chi connectivity index (χ0n) is 11.8. The Kier molecular flexibility index (Phi) is 6.62. The topological polar surface area (TPSA) is 70.1 Å². The Hall–Kier alpha value is -1.30. The van der Waals surface area contributed by atoms with Crippen molar-refractivity contribution >= 4 is 12.0 Å². The maximum atomic E-state index is 12.4. The predicted molar refractivity (Wildman–Crippen MR) is 71.1 cm³/mol. The van der Waals surface area contributed by atoms with Crippen LogP contribution in [0.3, 0.4) is 0 Å². The Bertz CT molecular complexity index is 309. The van der Waals surface area contributed by atoms with Crippen LogP contribution in [-0.2, 0) is 9.53 Å². The number of likely N-dealkylation sites (tertiary alicyclic amines) is 1. The molecule has 0 saturated carbocycles. The Morgan fingerprint density at radius 1 is 1.37 bits per heavy atom. The fourth-order valence-corrected chi connectivity index (χ4v) is 2.37. The highest BCUT2D eigenvalue weighted by Crippen LogP contribution is 2.18. The van der Waals surface area contributed by atoms with E-state index in [1.54, 1.807) is 12.0 Å². The molecular weight excluding hydrogens is 248 g/mol. The molecule has 1 heterocycles. The zero-order valence-corrected chi connectivity index (χ0v) is 11.8. The van der Waals surface area contributed by atoms with Gasteiger partial charge in [0.25, 0.3) is 0 Å². The van der Waals surface area contributed by atoms with E-state index in [4.69, 9.17) is 4.74 Å². The molecule has 0 aromatic rings. The van der Waals surface area contributed by atoms with Gasteiger partial charge >= 0.3 is 12.0 Å². The average Bonchev–Trinajstić information content (AvgIpc) is 2.64. The molecule has 1 aliphatic rings. The quantitative estimate of drug-likeness (QED) is 0.821. The average molecular weight is 272 g/mol. The highest BCUT2D eigenvalue weighted by molar-refractivity contribution is 5.82. The molecule has 6 heteroatoms. The van der Waals surface area contributed by atoms with Crippen molar-refractivity contribution < 1.29 is 19.4 Å². The van der Waals surface area contributed by atoms with Crippen molar-refractivity contribution in [2.45, 2.75) is 38.6 Å². The number of carboxylic acid groups (broad SMARTS) is 1. The van der Waals surface area contributed by atoms with Crippen LogP contribution in [0.4, 0.5) is 4.79 Å². The molecular formula is C13H24N2O4. The van der Waals surface area contributed by atoms with Crippen LogP contribution in [0.15, 0.2) is 0 Å². The van der Waals surface area contributed by atoms with Crippen molar-refractivity contribution in [3.63, 3.8) is 0 Å². The second-order valence-corrected chi connectivity index (χ2v) is 4.75. The number of amides is 2. The van der Waals surface area contributed by atoms with Gasteiger partial charge in [-0.2, -0.15) is 0 Å². The molecule has 1 saturated heterocycles. The summed E-state index contributed by atoms with van der Waals surface area (Å²) in [4.78, 5) is 26.9. The smallest absolute Gasteiger partial charge is 0.326 e. The van der Waals surface area contributed by atoms with E-state index >= 15 is 0 Å². The highest BCUT2D eigenvalue weighted by Gasteiger charge is 2.32. The van der Waals surface area contributed by atoms with E-state index in [1.807, 2.05) is 6.92 Å². The lowest BCUT2D eigenvalue weighted by Crippen LogP contribution is -2.51. The number of carbonyl (C=O) groups excluding carboxylic acids is 1. The lowest BCUT2D eigenvalue weighted by Gasteiger charge is -2.32. The normalized spacial score (nSPS) is 19.9. The van der Waals surface area contributed by atoms with Crippen molar-refractivity contribution in [3.8, 4) is 0 Å². The number of carboxylic acids is 1. The van der Waals surface area contributed by atoms with Gasteiger partial charge in [0.05, 0.1) is 6.61 Å². The molecule has 1 atom stereocenters. The van der Waals surface area contributed by atoms with Crippen LogP contribution in [0, 0.1) is 0 Å². The van der Waals surface area contributed by atoms with Crippen LogP contribution in [0.5, 0.6) is 0 Å². The van der Waals surface area contributed by atoms with Gasteiger partial charge in [-0.25, -0.2) is 9.59 Å². The van der Waals surface area contributed by atoms with Gasteiger partial charge in [-0.1, -0.05) is 12.8 Å². The minimum absolute atomic E-state index is 0.186. The molecule has 0 aliphatic carbocycles. The maximum Gasteiger partial charge on any atom is 0.326 e. The lowest BCUT2D eigenvalue weighted by molar-refractivity contribution is -0.142. The van der Waals surface area contributed by atoms with Crippen LogP contribution < -0.4 is 0 Å². The van der Waals surface area contributed by atoms with Gasteiger partial charge in [0.2, 0.25) is 0 Å². The summed E-state index contributed by atoms with van der Waals surface area (Å²) >= 11 is 0. The lowest BCUT2D eigenvalue weighted by atomic mass is 10.1. The molecule has 1 unspecified atom stereocenters. The number of rotatable bonds is 5. The largest absolute Gasteiger partial charge is 0.480 e. The Balaban J connectivity index is 2.76. The van der Waals surface area contributed by atoms with E-state index in [-0.39, 0.29) is 6.03 Å². The van der Waals surface area contributed by atoms with Crippen molar-refractivity contribution in [1.29, 1.82) is 0 Å². The number of methoxy groups -OCH3 is 1. The standard InChI is InChI=1S/C13H24N2O4/c1-3-14(9-10-19-2)13(18)15-8-6-4-5-7-11(15)12(16)17/h11H,3-10H2,1-2H3,(H,16,17). The first-order valence-electron chi connectivity index (χ1n) is 6.89. The summed E-state index contributed by atoms with van der Waals surface area (Å²) in [6, 6.07) is -0.875. The van der Waals surface area contributed by atoms with Gasteiger partial charge in [-0.15, -0.1) is 0 Å². The molecule has 0 radical (unpaired) electrons. The minimum Gasteiger partial charge on any atom is -0.480 e. The van der Waals surface area contributed by atoms with Crippen molar-refractivity contribution in [3.05, 3.63) is 0 Å². The fraction of sp³-hybridized carbons (Fsp3) is 0.846. The number of hydrogen-bond donors (Lipinski definition) is 1. The Morgan fingerprint density at radius 2 is 2.11 bits per heavy atom. The van der Waals surface area contributed by atoms with Crippen LogP contribution in [0.25, 0.3) is 0 Å². The molecule has 0 aromatic carbocycles. The molecule has 1 aliphatic heterocycles. The van der Waals surface area contributed by atoms with Gasteiger partial charge in [0.15, 0.2) is 0 Å². The van der Waals surface area contributed by atoms with Crippen LogP contribution >= 0.6 is 0 Å².